The third-order valence-electron chi connectivity index (χ3n) is 5.07. The Bertz CT molecular complexity index is 906. The van der Waals surface area contributed by atoms with E-state index in [0.717, 1.165) is 35.3 Å². The molecule has 1 aliphatic carbocycles. The Hall–Kier alpha value is -2.67. The van der Waals surface area contributed by atoms with E-state index in [9.17, 15) is 14.4 Å². The molecule has 0 spiro atoms. The van der Waals surface area contributed by atoms with Gasteiger partial charge >= 0.3 is 11.9 Å². The largest absolute Gasteiger partial charge is 0.462 e. The van der Waals surface area contributed by atoms with Crippen molar-refractivity contribution in [3.63, 3.8) is 0 Å². The van der Waals surface area contributed by atoms with Crippen LogP contribution in [0.1, 0.15) is 53.1 Å². The van der Waals surface area contributed by atoms with Crippen molar-refractivity contribution in [1.29, 1.82) is 0 Å². The smallest absolute Gasteiger partial charge is 0.341 e. The third-order valence-corrected chi connectivity index (χ3v) is 6.24. The summed E-state index contributed by atoms with van der Waals surface area (Å²) in [6.45, 7) is 3.83. The topological polar surface area (TPSA) is 81.7 Å². The normalized spacial score (nSPS) is 15.2. The van der Waals surface area contributed by atoms with Gasteiger partial charge in [0.05, 0.1) is 12.2 Å². The number of aryl methyl sites for hydroxylation is 1. The van der Waals surface area contributed by atoms with Crippen molar-refractivity contribution in [2.24, 2.45) is 5.92 Å². The molecule has 1 aliphatic rings. The first-order valence-electron chi connectivity index (χ1n) is 10.3. The molecule has 1 heterocycles. The van der Waals surface area contributed by atoms with Gasteiger partial charge < -0.3 is 14.8 Å². The van der Waals surface area contributed by atoms with Crippen molar-refractivity contribution in [2.75, 3.05) is 18.5 Å². The van der Waals surface area contributed by atoms with E-state index < -0.39 is 17.8 Å². The zero-order valence-electron chi connectivity index (χ0n) is 17.4. The maximum Gasteiger partial charge on any atom is 0.341 e. The summed E-state index contributed by atoms with van der Waals surface area (Å²) in [5.41, 5.74) is 2.47. The van der Waals surface area contributed by atoms with Crippen molar-refractivity contribution in [1.82, 2.24) is 0 Å². The molecule has 2 aromatic rings. The van der Waals surface area contributed by atoms with Gasteiger partial charge in [-0.05, 0) is 49.7 Å². The van der Waals surface area contributed by atoms with Gasteiger partial charge in [0.2, 0.25) is 0 Å². The molecule has 1 amide bonds. The number of thiophene rings is 1. The first-order valence-corrected chi connectivity index (χ1v) is 11.1. The van der Waals surface area contributed by atoms with Gasteiger partial charge in [-0.2, -0.15) is 0 Å². The van der Waals surface area contributed by atoms with Crippen LogP contribution in [0, 0.1) is 5.92 Å². The van der Waals surface area contributed by atoms with E-state index in [-0.39, 0.29) is 19.6 Å². The molecular formula is C23H27NO5S. The molecule has 6 nitrogen and oxygen atoms in total. The number of carbonyl (C=O) groups excluding carboxylic acids is 3. The van der Waals surface area contributed by atoms with Crippen LogP contribution in [0.15, 0.2) is 30.3 Å². The molecule has 0 radical (unpaired) electrons. The Kier molecular flexibility index (Phi) is 7.63. The lowest BCUT2D eigenvalue weighted by molar-refractivity contribution is -0.147. The second-order valence-electron chi connectivity index (χ2n) is 7.47. The van der Waals surface area contributed by atoms with Gasteiger partial charge in [0.1, 0.15) is 5.00 Å². The van der Waals surface area contributed by atoms with Crippen LogP contribution in [0.3, 0.4) is 0 Å². The van der Waals surface area contributed by atoms with Crippen molar-refractivity contribution < 1.29 is 23.9 Å². The van der Waals surface area contributed by atoms with Crippen LogP contribution in [-0.4, -0.2) is 31.1 Å². The number of rotatable bonds is 8. The van der Waals surface area contributed by atoms with Crippen molar-refractivity contribution >= 4 is 34.2 Å². The van der Waals surface area contributed by atoms with Crippen LogP contribution in [0.25, 0.3) is 0 Å². The number of fused-ring (bicyclic) bond motifs is 1. The Morgan fingerprint density at radius 1 is 1.17 bits per heavy atom. The zero-order chi connectivity index (χ0) is 21.5. The predicted molar refractivity (Wildman–Crippen MR) is 116 cm³/mol. The van der Waals surface area contributed by atoms with Gasteiger partial charge in [-0.1, -0.05) is 37.3 Å². The molecule has 1 N–H and O–H groups in total. The van der Waals surface area contributed by atoms with Crippen molar-refractivity contribution in [3.8, 4) is 0 Å². The van der Waals surface area contributed by atoms with E-state index in [4.69, 9.17) is 9.47 Å². The Balaban J connectivity index is 1.59. The highest BCUT2D eigenvalue weighted by Crippen LogP contribution is 2.40. The highest BCUT2D eigenvalue weighted by Gasteiger charge is 2.29. The van der Waals surface area contributed by atoms with Crippen LogP contribution in [0.2, 0.25) is 0 Å². The molecular weight excluding hydrogens is 402 g/mol. The molecule has 0 saturated heterocycles. The number of hydrogen-bond acceptors (Lipinski definition) is 6. The molecule has 1 unspecified atom stereocenters. The highest BCUT2D eigenvalue weighted by molar-refractivity contribution is 7.17. The van der Waals surface area contributed by atoms with Gasteiger partial charge in [0, 0.05) is 11.3 Å². The Morgan fingerprint density at radius 3 is 2.67 bits per heavy atom. The second kappa shape index (κ2) is 10.4. The van der Waals surface area contributed by atoms with E-state index in [0.29, 0.717) is 22.9 Å². The van der Waals surface area contributed by atoms with E-state index in [1.54, 1.807) is 6.92 Å². The molecule has 1 aromatic heterocycles. The number of ether oxygens (including phenoxy) is 2. The lowest BCUT2D eigenvalue weighted by Crippen LogP contribution is -2.22. The molecule has 0 aliphatic heterocycles. The number of carbonyl (C=O) groups is 3. The summed E-state index contributed by atoms with van der Waals surface area (Å²) in [5.74, 6) is -0.765. The molecule has 7 heteroatoms. The quantitative estimate of drug-likeness (QED) is 0.637. The number of anilines is 1. The van der Waals surface area contributed by atoms with Gasteiger partial charge in [-0.15, -0.1) is 11.3 Å². The molecule has 1 atom stereocenters. The van der Waals surface area contributed by atoms with Gasteiger partial charge in [-0.3, -0.25) is 9.59 Å². The number of hydrogen-bond donors (Lipinski definition) is 1. The Labute approximate surface area is 180 Å². The fourth-order valence-corrected chi connectivity index (χ4v) is 4.95. The van der Waals surface area contributed by atoms with Gasteiger partial charge in [0.25, 0.3) is 5.91 Å². The minimum Gasteiger partial charge on any atom is -0.462 e. The highest BCUT2D eigenvalue weighted by atomic mass is 32.1. The number of amides is 1. The first-order chi connectivity index (χ1) is 14.5. The van der Waals surface area contributed by atoms with Crippen molar-refractivity contribution in [2.45, 2.75) is 46.0 Å². The lowest BCUT2D eigenvalue weighted by Gasteiger charge is -2.18. The standard InChI is InChI=1S/C23H27NO5S/c1-3-28-23(27)21-17-11-9-15(2)13-18(17)30-22(21)24-19(25)14-29-20(26)12-10-16-7-5-4-6-8-16/h4-8,15H,3,9-14H2,1-2H3,(H,24,25). The first kappa shape index (κ1) is 22.0. The van der Waals surface area contributed by atoms with Gasteiger partial charge in [0.15, 0.2) is 6.61 Å². The fourth-order valence-electron chi connectivity index (χ4n) is 3.53. The monoisotopic (exact) mass is 429 g/mol. The zero-order valence-corrected chi connectivity index (χ0v) is 18.2. The van der Waals surface area contributed by atoms with Crippen LogP contribution < -0.4 is 5.32 Å². The summed E-state index contributed by atoms with van der Waals surface area (Å²) in [5, 5.41) is 3.24. The summed E-state index contributed by atoms with van der Waals surface area (Å²) in [7, 11) is 0. The van der Waals surface area contributed by atoms with Crippen molar-refractivity contribution in [3.05, 3.63) is 51.9 Å². The molecule has 0 fully saturated rings. The number of esters is 2. The third kappa shape index (κ3) is 5.69. The summed E-state index contributed by atoms with van der Waals surface area (Å²) in [6.07, 6.45) is 3.45. The summed E-state index contributed by atoms with van der Waals surface area (Å²) < 4.78 is 10.3. The molecule has 160 valence electrons. The number of benzene rings is 1. The number of nitrogens with one attached hydrogen (secondary N) is 1. The van der Waals surface area contributed by atoms with E-state index in [1.165, 1.54) is 11.3 Å². The average molecular weight is 430 g/mol. The van der Waals surface area contributed by atoms with Crippen LogP contribution >= 0.6 is 11.3 Å². The van der Waals surface area contributed by atoms with E-state index in [1.807, 2.05) is 30.3 Å². The van der Waals surface area contributed by atoms with Crippen LogP contribution in [0.5, 0.6) is 0 Å². The van der Waals surface area contributed by atoms with E-state index in [2.05, 4.69) is 12.2 Å². The van der Waals surface area contributed by atoms with Crippen LogP contribution in [-0.2, 0) is 38.3 Å². The SMILES string of the molecule is CCOC(=O)c1c(NC(=O)COC(=O)CCc2ccccc2)sc2c1CCC(C)C2. The van der Waals surface area contributed by atoms with Gasteiger partial charge in [-0.25, -0.2) is 4.79 Å². The fraction of sp³-hybridized carbons (Fsp3) is 0.435. The average Bonchev–Trinajstić information content (AvgIpc) is 3.08. The molecule has 30 heavy (non-hydrogen) atoms. The minimum absolute atomic E-state index is 0.205. The predicted octanol–water partition coefficient (Wildman–Crippen LogP) is 4.16. The van der Waals surface area contributed by atoms with Crippen LogP contribution in [0.4, 0.5) is 5.00 Å². The molecule has 3 rings (SSSR count). The molecule has 1 aromatic carbocycles. The maximum atomic E-state index is 12.5. The Morgan fingerprint density at radius 2 is 1.93 bits per heavy atom. The maximum absolute atomic E-state index is 12.5. The lowest BCUT2D eigenvalue weighted by atomic mass is 9.88. The summed E-state index contributed by atoms with van der Waals surface area (Å²) in [6, 6.07) is 9.62. The minimum atomic E-state index is -0.458. The second-order valence-corrected chi connectivity index (χ2v) is 8.58. The molecule has 0 saturated carbocycles. The summed E-state index contributed by atoms with van der Waals surface area (Å²) in [4.78, 5) is 37.9. The van der Waals surface area contributed by atoms with E-state index >= 15 is 0 Å². The molecule has 0 bridgehead atoms. The summed E-state index contributed by atoms with van der Waals surface area (Å²) >= 11 is 1.42.